The van der Waals surface area contributed by atoms with Gasteiger partial charge in [-0.05, 0) is 52.0 Å². The number of thioether (sulfide) groups is 1. The van der Waals surface area contributed by atoms with E-state index in [2.05, 4.69) is 32.3 Å². The van der Waals surface area contributed by atoms with Crippen LogP contribution in [0, 0.1) is 5.41 Å². The second kappa shape index (κ2) is 8.83. The van der Waals surface area contributed by atoms with Crippen LogP contribution >= 0.6 is 11.8 Å². The number of allylic oxidation sites excluding steroid dienone is 1. The van der Waals surface area contributed by atoms with Crippen molar-refractivity contribution in [2.45, 2.75) is 65.6 Å². The lowest BCUT2D eigenvalue weighted by Crippen LogP contribution is -2.73. The third kappa shape index (κ3) is 4.75. The van der Waals surface area contributed by atoms with Gasteiger partial charge in [0.1, 0.15) is 6.61 Å². The number of carbonyl (C=O) groups is 2. The normalized spacial score (nSPS) is 24.0. The van der Waals surface area contributed by atoms with Crippen molar-refractivity contribution in [3.63, 3.8) is 0 Å². The van der Waals surface area contributed by atoms with E-state index in [1.165, 1.54) is 4.91 Å². The smallest absolute Gasteiger partial charge is 0.370 e. The minimum Gasteiger partial charge on any atom is -0.456 e. The first-order chi connectivity index (χ1) is 14.5. The minimum absolute atomic E-state index is 0.220. The van der Waals surface area contributed by atoms with Crippen molar-refractivity contribution in [2.24, 2.45) is 11.1 Å². The molecule has 2 aliphatic rings. The molecule has 1 amide bonds. The maximum Gasteiger partial charge on any atom is 0.370 e. The average Bonchev–Trinajstić information content (AvgIpc) is 2.71. The zero-order chi connectivity index (χ0) is 22.9. The van der Waals surface area contributed by atoms with Crippen molar-refractivity contribution in [2.75, 3.05) is 13.1 Å². The fraction of sp³-hybridized carbons (Fsp3) is 0.520. The van der Waals surface area contributed by atoms with E-state index in [1.54, 1.807) is 11.8 Å². The van der Waals surface area contributed by atoms with Crippen LogP contribution in [0.15, 0.2) is 52.3 Å². The van der Waals surface area contributed by atoms with Crippen LogP contribution in [0.25, 0.3) is 0 Å². The lowest BCUT2D eigenvalue weighted by molar-refractivity contribution is -0.985. The Morgan fingerprint density at radius 2 is 1.84 bits per heavy atom. The highest BCUT2D eigenvalue weighted by molar-refractivity contribution is 8.05. The van der Waals surface area contributed by atoms with E-state index < -0.39 is 11.5 Å². The van der Waals surface area contributed by atoms with Crippen LogP contribution in [0.5, 0.6) is 0 Å². The van der Waals surface area contributed by atoms with Gasteiger partial charge < -0.3 is 15.0 Å². The number of benzene rings is 1. The lowest BCUT2D eigenvalue weighted by Gasteiger charge is -2.57. The summed E-state index contributed by atoms with van der Waals surface area (Å²) in [6.45, 7) is 11.7. The van der Waals surface area contributed by atoms with Gasteiger partial charge in [-0.1, -0.05) is 36.4 Å². The summed E-state index contributed by atoms with van der Waals surface area (Å²) in [6.07, 6.45) is 3.74. The van der Waals surface area contributed by atoms with Crippen molar-refractivity contribution in [3.05, 3.63) is 57.9 Å². The predicted octanol–water partition coefficient (Wildman–Crippen LogP) is 4.53. The number of nitrogens with zero attached hydrogens (tertiary/aromatic N) is 1. The van der Waals surface area contributed by atoms with Crippen molar-refractivity contribution in [1.82, 2.24) is 0 Å². The molecular weight excluding hydrogens is 408 g/mol. The number of esters is 1. The van der Waals surface area contributed by atoms with Gasteiger partial charge in [0, 0.05) is 16.9 Å². The van der Waals surface area contributed by atoms with E-state index in [9.17, 15) is 9.59 Å². The Morgan fingerprint density at radius 3 is 2.45 bits per heavy atom. The molecule has 1 unspecified atom stereocenters. The number of quaternary nitrogens is 1. The largest absolute Gasteiger partial charge is 0.456 e. The number of hydrogen-bond donors (Lipinski definition) is 1. The van der Waals surface area contributed by atoms with Gasteiger partial charge in [-0.25, -0.2) is 4.79 Å². The van der Waals surface area contributed by atoms with Gasteiger partial charge in [0.15, 0.2) is 0 Å². The van der Waals surface area contributed by atoms with Gasteiger partial charge in [-0.15, -0.1) is 11.8 Å². The van der Waals surface area contributed by atoms with Crippen LogP contribution in [0.4, 0.5) is 0 Å². The molecule has 2 N–H and O–H groups in total. The maximum atomic E-state index is 13.7. The molecule has 0 fully saturated rings. The molecule has 0 saturated carbocycles. The molecule has 1 aromatic rings. The van der Waals surface area contributed by atoms with Crippen molar-refractivity contribution in [1.29, 1.82) is 0 Å². The highest BCUT2D eigenvalue weighted by Gasteiger charge is 2.57. The van der Waals surface area contributed by atoms with Gasteiger partial charge in [0.2, 0.25) is 11.9 Å². The molecule has 2 aliphatic heterocycles. The summed E-state index contributed by atoms with van der Waals surface area (Å²) < 4.78 is 6.37. The van der Waals surface area contributed by atoms with E-state index in [1.807, 2.05) is 44.2 Å². The molecule has 2 heterocycles. The van der Waals surface area contributed by atoms with Crippen LogP contribution in [-0.4, -0.2) is 41.0 Å². The zero-order valence-electron chi connectivity index (χ0n) is 19.3. The van der Waals surface area contributed by atoms with Gasteiger partial charge in [-0.3, -0.25) is 4.79 Å². The number of rotatable bonds is 6. The summed E-state index contributed by atoms with van der Waals surface area (Å²) in [7, 11) is 0. The summed E-state index contributed by atoms with van der Waals surface area (Å²) in [5, 5.41) is 2.11. The van der Waals surface area contributed by atoms with Gasteiger partial charge in [-0.2, -0.15) is 0 Å². The van der Waals surface area contributed by atoms with E-state index in [-0.39, 0.29) is 24.0 Å². The fourth-order valence-corrected chi connectivity index (χ4v) is 5.68. The van der Waals surface area contributed by atoms with Crippen LogP contribution in [-0.2, 0) is 20.9 Å². The van der Waals surface area contributed by atoms with E-state index in [4.69, 9.17) is 10.5 Å². The summed E-state index contributed by atoms with van der Waals surface area (Å²) in [6, 6.07) is 9.29. The van der Waals surface area contributed by atoms with E-state index >= 15 is 0 Å². The highest BCUT2D eigenvalue weighted by Crippen LogP contribution is 2.47. The van der Waals surface area contributed by atoms with Crippen molar-refractivity contribution >= 4 is 23.6 Å². The number of amides is 1. The fourth-order valence-electron chi connectivity index (χ4n) is 4.77. The highest BCUT2D eigenvalue weighted by atomic mass is 32.2. The summed E-state index contributed by atoms with van der Waals surface area (Å²) in [5.41, 5.74) is 6.85. The van der Waals surface area contributed by atoms with Crippen LogP contribution < -0.4 is 5.73 Å². The Kier molecular flexibility index (Phi) is 6.72. The molecule has 31 heavy (non-hydrogen) atoms. The molecule has 168 valence electrons. The van der Waals surface area contributed by atoms with Crippen LogP contribution in [0.1, 0.15) is 53.0 Å². The molecule has 0 spiro atoms. The first-order valence-corrected chi connectivity index (χ1v) is 11.8. The monoisotopic (exact) mass is 443 g/mol. The van der Waals surface area contributed by atoms with Crippen molar-refractivity contribution < 1.29 is 18.8 Å². The molecule has 5 nitrogen and oxygen atoms in total. The quantitative estimate of drug-likeness (QED) is 0.518. The SMILES string of the molecule is CC(C)(C[N@@+]1(C(C)(C)C)CCC2=C(CC=CS2)C1C(=O)OCc1ccccc1)C(N)=O. The Bertz CT molecular complexity index is 899. The Morgan fingerprint density at radius 1 is 1.16 bits per heavy atom. The van der Waals surface area contributed by atoms with E-state index in [0.717, 1.165) is 30.5 Å². The lowest BCUT2D eigenvalue weighted by atomic mass is 9.81. The molecule has 0 bridgehead atoms. The van der Waals surface area contributed by atoms with E-state index in [0.29, 0.717) is 11.0 Å². The molecule has 1 aromatic carbocycles. The minimum atomic E-state index is -0.749. The molecule has 0 aromatic heterocycles. The molecule has 3 rings (SSSR count). The van der Waals surface area contributed by atoms with Gasteiger partial charge in [0.05, 0.1) is 24.0 Å². The third-order valence-corrected chi connectivity index (χ3v) is 7.77. The molecule has 6 heteroatoms. The second-order valence-electron chi connectivity index (χ2n) is 10.2. The molecule has 0 saturated heterocycles. The van der Waals surface area contributed by atoms with Gasteiger partial charge >= 0.3 is 5.97 Å². The first kappa shape index (κ1) is 23.6. The standard InChI is InChI=1S/C25H34N2O3S/c1-24(2,3)27(17-25(4,5)23(26)29)14-13-20-19(12-9-15-31-20)21(27)22(28)30-16-18-10-7-6-8-11-18/h6-11,15,21H,12-14,16-17H2,1-5H3,(H-,26,29)/p+1/t21?,27-/m0/s1. The molecule has 0 radical (unpaired) electrons. The summed E-state index contributed by atoms with van der Waals surface area (Å²) in [5.74, 6) is -0.564. The maximum absolute atomic E-state index is 13.7. The predicted molar refractivity (Wildman–Crippen MR) is 126 cm³/mol. The Labute approximate surface area is 190 Å². The number of carbonyl (C=O) groups excluding carboxylic acids is 2. The molecule has 2 atom stereocenters. The van der Waals surface area contributed by atoms with Gasteiger partial charge in [0.25, 0.3) is 0 Å². The third-order valence-electron chi connectivity index (χ3n) is 6.69. The first-order valence-electron chi connectivity index (χ1n) is 10.9. The molecular formula is C25H35N2O3S+. The molecule has 0 aliphatic carbocycles. The summed E-state index contributed by atoms with van der Waals surface area (Å²) in [4.78, 5) is 27.3. The van der Waals surface area contributed by atoms with Crippen LogP contribution in [0.2, 0.25) is 0 Å². The Balaban J connectivity index is 2.03. The topological polar surface area (TPSA) is 69.4 Å². The number of nitrogens with two attached hydrogens (primary N) is 1. The average molecular weight is 444 g/mol. The number of hydrogen-bond acceptors (Lipinski definition) is 4. The Hall–Kier alpha value is -2.05. The second-order valence-corrected chi connectivity index (χ2v) is 11.2. The van der Waals surface area contributed by atoms with Crippen LogP contribution in [0.3, 0.4) is 0 Å². The van der Waals surface area contributed by atoms with Crippen molar-refractivity contribution in [3.8, 4) is 0 Å². The number of ether oxygens (including phenoxy) is 1. The number of primary amides is 1. The zero-order valence-corrected chi connectivity index (χ0v) is 20.1. The summed E-state index contributed by atoms with van der Waals surface area (Å²) >= 11 is 1.71.